The molecule has 96 heavy (non-hydrogen) atoms. The number of phosphoric acid groups is 2. The van der Waals surface area contributed by atoms with E-state index in [4.69, 9.17) is 37.0 Å². The predicted molar refractivity (Wildman–Crippen MR) is 391 cm³/mol. The fourth-order valence-electron chi connectivity index (χ4n) is 11.8. The van der Waals surface area contributed by atoms with Crippen molar-refractivity contribution in [3.05, 3.63) is 0 Å². The van der Waals surface area contributed by atoms with Crippen molar-refractivity contribution in [3.8, 4) is 0 Å². The van der Waals surface area contributed by atoms with E-state index in [0.717, 1.165) is 108 Å². The summed E-state index contributed by atoms with van der Waals surface area (Å²) < 4.78 is 68.5. The third kappa shape index (κ3) is 70.5. The van der Waals surface area contributed by atoms with Crippen LogP contribution >= 0.6 is 15.6 Å². The second-order valence-corrected chi connectivity index (χ2v) is 32.1. The number of hydrogen-bond acceptors (Lipinski definition) is 15. The van der Waals surface area contributed by atoms with Crippen molar-refractivity contribution >= 4 is 39.5 Å². The van der Waals surface area contributed by atoms with Crippen molar-refractivity contribution in [2.75, 3.05) is 39.6 Å². The molecule has 0 saturated heterocycles. The lowest BCUT2D eigenvalue weighted by atomic mass is 10.0. The first kappa shape index (κ1) is 94.1. The van der Waals surface area contributed by atoms with Crippen molar-refractivity contribution in [2.24, 2.45) is 17.8 Å². The number of ether oxygens (including phenoxy) is 4. The topological polar surface area (TPSA) is 237 Å². The monoisotopic (exact) mass is 1410 g/mol. The lowest BCUT2D eigenvalue weighted by molar-refractivity contribution is -0.161. The Labute approximate surface area is 588 Å². The highest BCUT2D eigenvalue weighted by atomic mass is 31.2. The first-order chi connectivity index (χ1) is 46.2. The molecule has 0 radical (unpaired) electrons. The molecule has 0 aromatic carbocycles. The number of esters is 4. The third-order valence-corrected chi connectivity index (χ3v) is 19.8. The van der Waals surface area contributed by atoms with Crippen LogP contribution < -0.4 is 0 Å². The normalized spacial score (nSPS) is 14.1. The zero-order valence-corrected chi connectivity index (χ0v) is 64.6. The molecule has 0 aromatic rings. The van der Waals surface area contributed by atoms with E-state index in [0.29, 0.717) is 31.6 Å². The van der Waals surface area contributed by atoms with E-state index in [-0.39, 0.29) is 25.7 Å². The van der Waals surface area contributed by atoms with E-state index in [1.807, 2.05) is 0 Å². The Morgan fingerprint density at radius 2 is 0.479 bits per heavy atom. The highest BCUT2D eigenvalue weighted by molar-refractivity contribution is 7.47. The predicted octanol–water partition coefficient (Wildman–Crippen LogP) is 22.6. The van der Waals surface area contributed by atoms with Gasteiger partial charge in [-0.1, -0.05) is 344 Å². The standard InChI is InChI=1S/C77H150O17P2/c1-8-9-10-11-12-13-14-19-27-32-37-46-53-60-77(82)94-73(65-88-75(80)59-52-45-40-39-43-50-57-70(6)7)67-92-96(85,86)90-63-71(78)62-89-95(83,84)91-66-72(64-87-74(79)58-51-44-36-31-26-23-22-25-30-35-42-49-56-69(4)5)93-76(81)61-54-47-38-33-28-21-18-16-15-17-20-24-29-34-41-48-55-68(2)3/h68-73,78H,8-67H2,1-7H3,(H,83,84)(H,85,86)/t71-,72-,73-/m1/s1. The maximum atomic E-state index is 13.1. The Balaban J connectivity index is 5.23. The first-order valence-corrected chi connectivity index (χ1v) is 42.8. The van der Waals surface area contributed by atoms with Gasteiger partial charge >= 0.3 is 39.5 Å². The second kappa shape index (κ2) is 67.5. The summed E-state index contributed by atoms with van der Waals surface area (Å²) in [7, 11) is -9.91. The molecule has 5 atom stereocenters. The molecule has 570 valence electrons. The van der Waals surface area contributed by atoms with E-state index < -0.39 is 97.5 Å². The van der Waals surface area contributed by atoms with Crippen LogP contribution in [0.25, 0.3) is 0 Å². The third-order valence-electron chi connectivity index (χ3n) is 17.9. The number of rotatable bonds is 75. The lowest BCUT2D eigenvalue weighted by Gasteiger charge is -2.21. The Kier molecular flexibility index (Phi) is 66.2. The van der Waals surface area contributed by atoms with Crippen molar-refractivity contribution in [1.29, 1.82) is 0 Å². The largest absolute Gasteiger partial charge is 0.472 e. The number of carbonyl (C=O) groups excluding carboxylic acids is 4. The molecule has 2 unspecified atom stereocenters. The van der Waals surface area contributed by atoms with Crippen LogP contribution in [0.3, 0.4) is 0 Å². The minimum absolute atomic E-state index is 0.106. The molecule has 0 saturated carbocycles. The number of aliphatic hydroxyl groups excluding tert-OH is 1. The van der Waals surface area contributed by atoms with Gasteiger partial charge in [-0.25, -0.2) is 9.13 Å². The van der Waals surface area contributed by atoms with Gasteiger partial charge in [0.25, 0.3) is 0 Å². The second-order valence-electron chi connectivity index (χ2n) is 29.2. The van der Waals surface area contributed by atoms with Gasteiger partial charge in [-0.3, -0.25) is 37.3 Å². The number of hydrogen-bond donors (Lipinski definition) is 3. The van der Waals surface area contributed by atoms with Gasteiger partial charge in [0, 0.05) is 25.7 Å². The number of carbonyl (C=O) groups is 4. The van der Waals surface area contributed by atoms with Crippen LogP contribution in [0, 0.1) is 17.8 Å². The summed E-state index contributed by atoms with van der Waals surface area (Å²) in [5.41, 5.74) is 0. The van der Waals surface area contributed by atoms with Crippen LogP contribution in [0.1, 0.15) is 395 Å². The maximum absolute atomic E-state index is 13.1. The average molecular weight is 1410 g/mol. The molecular formula is C77H150O17P2. The van der Waals surface area contributed by atoms with Gasteiger partial charge in [-0.15, -0.1) is 0 Å². The Bertz CT molecular complexity index is 1870. The minimum atomic E-state index is -4.96. The van der Waals surface area contributed by atoms with Gasteiger partial charge < -0.3 is 33.8 Å². The first-order valence-electron chi connectivity index (χ1n) is 39.8. The molecule has 0 spiro atoms. The smallest absolute Gasteiger partial charge is 0.462 e. The summed E-state index contributed by atoms with van der Waals surface area (Å²) >= 11 is 0. The minimum Gasteiger partial charge on any atom is -0.462 e. The highest BCUT2D eigenvalue weighted by Crippen LogP contribution is 2.45. The zero-order valence-electron chi connectivity index (χ0n) is 62.8. The Morgan fingerprint density at radius 1 is 0.281 bits per heavy atom. The molecule has 0 aliphatic carbocycles. The van der Waals surface area contributed by atoms with Crippen molar-refractivity contribution < 1.29 is 80.2 Å². The highest BCUT2D eigenvalue weighted by Gasteiger charge is 2.30. The molecule has 0 amide bonds. The van der Waals surface area contributed by atoms with Gasteiger partial charge in [0.1, 0.15) is 19.3 Å². The zero-order chi connectivity index (χ0) is 70.9. The van der Waals surface area contributed by atoms with E-state index in [1.165, 1.54) is 199 Å². The summed E-state index contributed by atoms with van der Waals surface area (Å²) in [6, 6.07) is 0. The number of phosphoric ester groups is 2. The van der Waals surface area contributed by atoms with Crippen LogP contribution in [0.4, 0.5) is 0 Å². The summed E-state index contributed by atoms with van der Waals surface area (Å²) in [4.78, 5) is 72.8. The van der Waals surface area contributed by atoms with E-state index in [9.17, 15) is 43.2 Å². The Hall–Kier alpha value is -1.94. The molecule has 0 heterocycles. The lowest BCUT2D eigenvalue weighted by Crippen LogP contribution is -2.30. The Morgan fingerprint density at radius 3 is 0.708 bits per heavy atom. The summed E-state index contributed by atoms with van der Waals surface area (Å²) in [6.07, 6.45) is 54.2. The van der Waals surface area contributed by atoms with Crippen LogP contribution in [0.2, 0.25) is 0 Å². The van der Waals surface area contributed by atoms with E-state index in [2.05, 4.69) is 48.5 Å². The molecule has 0 rings (SSSR count). The van der Waals surface area contributed by atoms with Gasteiger partial charge in [0.2, 0.25) is 0 Å². The molecule has 19 heteroatoms. The number of aliphatic hydroxyl groups is 1. The van der Waals surface area contributed by atoms with Gasteiger partial charge in [-0.05, 0) is 43.4 Å². The molecule has 0 aliphatic rings. The molecular weight excluding hydrogens is 1260 g/mol. The molecule has 17 nitrogen and oxygen atoms in total. The molecule has 0 bridgehead atoms. The average Bonchev–Trinajstić information content (AvgIpc) is 1.87. The number of unbranched alkanes of at least 4 members (excludes halogenated alkanes) is 43. The van der Waals surface area contributed by atoms with Crippen LogP contribution in [-0.2, 0) is 65.4 Å². The van der Waals surface area contributed by atoms with Crippen LogP contribution in [-0.4, -0.2) is 96.7 Å². The molecule has 3 N–H and O–H groups in total. The molecule has 0 aromatic heterocycles. The van der Waals surface area contributed by atoms with Gasteiger partial charge in [-0.2, -0.15) is 0 Å². The molecule has 0 fully saturated rings. The van der Waals surface area contributed by atoms with Crippen molar-refractivity contribution in [1.82, 2.24) is 0 Å². The van der Waals surface area contributed by atoms with E-state index >= 15 is 0 Å². The quantitative estimate of drug-likeness (QED) is 0.0222. The SMILES string of the molecule is CCCCCCCCCCCCCCCC(=O)O[C@H](COC(=O)CCCCCCCCC(C)C)COP(=O)(O)OC[C@H](O)COP(=O)(O)OC[C@@H](COC(=O)CCCCCCCCCCCCCCC(C)C)OC(=O)CCCCCCCCCCCCCCCCCCC(C)C. The van der Waals surface area contributed by atoms with Crippen LogP contribution in [0.5, 0.6) is 0 Å². The van der Waals surface area contributed by atoms with Gasteiger partial charge in [0.05, 0.1) is 26.4 Å². The van der Waals surface area contributed by atoms with Crippen molar-refractivity contribution in [3.63, 3.8) is 0 Å². The molecule has 0 aliphatic heterocycles. The summed E-state index contributed by atoms with van der Waals surface area (Å²) in [6.45, 7) is 11.9. The fourth-order valence-corrected chi connectivity index (χ4v) is 13.4. The van der Waals surface area contributed by atoms with Crippen molar-refractivity contribution in [2.45, 2.75) is 414 Å². The van der Waals surface area contributed by atoms with Gasteiger partial charge in [0.15, 0.2) is 12.2 Å². The fraction of sp³-hybridized carbons (Fsp3) is 0.948. The van der Waals surface area contributed by atoms with E-state index in [1.54, 1.807) is 0 Å². The summed E-state index contributed by atoms with van der Waals surface area (Å²) in [5.74, 6) is 0.154. The summed E-state index contributed by atoms with van der Waals surface area (Å²) in [5, 5.41) is 10.6. The maximum Gasteiger partial charge on any atom is 0.472 e. The van der Waals surface area contributed by atoms with Crippen LogP contribution in [0.15, 0.2) is 0 Å².